The maximum absolute atomic E-state index is 12.4. The summed E-state index contributed by atoms with van der Waals surface area (Å²) in [5, 5.41) is 0. The first-order chi connectivity index (χ1) is 11.7. The fourth-order valence-corrected chi connectivity index (χ4v) is 2.47. The average molecular weight is 324 g/mol. The van der Waals surface area contributed by atoms with Crippen LogP contribution in [0.5, 0.6) is 0 Å². The van der Waals surface area contributed by atoms with Crippen molar-refractivity contribution in [1.29, 1.82) is 0 Å². The molecular weight excluding hydrogens is 308 g/mol. The Labute approximate surface area is 138 Å². The zero-order valence-electron chi connectivity index (χ0n) is 13.4. The molecule has 0 fully saturated rings. The SMILES string of the molecule is CCOC(=O)c1c(-c2ccc(C(=O)OC)cc2)nc2ccccn12. The van der Waals surface area contributed by atoms with E-state index in [-0.39, 0.29) is 6.61 Å². The number of aromatic nitrogens is 2. The standard InChI is InChI=1S/C18H16N2O4/c1-3-24-18(22)16-15(19-14-6-4-5-11-20(14)16)12-7-9-13(10-8-12)17(21)23-2/h4-11H,3H2,1-2H3. The molecule has 3 aromatic rings. The zero-order valence-corrected chi connectivity index (χ0v) is 13.4. The molecule has 0 aliphatic heterocycles. The lowest BCUT2D eigenvalue weighted by Gasteiger charge is -2.05. The van der Waals surface area contributed by atoms with E-state index in [2.05, 4.69) is 4.98 Å². The molecule has 0 aliphatic rings. The molecule has 3 rings (SSSR count). The van der Waals surface area contributed by atoms with Crippen molar-refractivity contribution in [2.24, 2.45) is 0 Å². The average Bonchev–Trinajstić information content (AvgIpc) is 3.01. The Kier molecular flexibility index (Phi) is 4.29. The summed E-state index contributed by atoms with van der Waals surface area (Å²) >= 11 is 0. The summed E-state index contributed by atoms with van der Waals surface area (Å²) < 4.78 is 11.5. The minimum Gasteiger partial charge on any atom is -0.465 e. The summed E-state index contributed by atoms with van der Waals surface area (Å²) in [6.07, 6.45) is 1.76. The summed E-state index contributed by atoms with van der Waals surface area (Å²) in [5.41, 5.74) is 2.67. The number of esters is 2. The van der Waals surface area contributed by atoms with Crippen LogP contribution >= 0.6 is 0 Å². The van der Waals surface area contributed by atoms with Gasteiger partial charge in [-0.05, 0) is 31.2 Å². The van der Waals surface area contributed by atoms with E-state index in [0.29, 0.717) is 22.6 Å². The molecule has 6 heteroatoms. The van der Waals surface area contributed by atoms with Crippen molar-refractivity contribution in [2.75, 3.05) is 13.7 Å². The van der Waals surface area contributed by atoms with E-state index in [1.165, 1.54) is 7.11 Å². The first kappa shape index (κ1) is 15.7. The Morgan fingerprint density at radius 3 is 2.50 bits per heavy atom. The summed E-state index contributed by atoms with van der Waals surface area (Å²) in [4.78, 5) is 28.5. The van der Waals surface area contributed by atoms with Crippen LogP contribution in [0.25, 0.3) is 16.9 Å². The Morgan fingerprint density at radius 2 is 1.83 bits per heavy atom. The smallest absolute Gasteiger partial charge is 0.357 e. The monoisotopic (exact) mass is 324 g/mol. The molecule has 0 unspecified atom stereocenters. The van der Waals surface area contributed by atoms with E-state index in [4.69, 9.17) is 9.47 Å². The Bertz CT molecular complexity index is 897. The zero-order chi connectivity index (χ0) is 17.1. The highest BCUT2D eigenvalue weighted by molar-refractivity contribution is 5.96. The van der Waals surface area contributed by atoms with Gasteiger partial charge in [-0.1, -0.05) is 18.2 Å². The first-order valence-electron chi connectivity index (χ1n) is 7.48. The van der Waals surface area contributed by atoms with Gasteiger partial charge in [0.05, 0.1) is 19.3 Å². The van der Waals surface area contributed by atoms with Crippen LogP contribution < -0.4 is 0 Å². The van der Waals surface area contributed by atoms with E-state index < -0.39 is 11.9 Å². The molecule has 0 bridgehead atoms. The number of benzene rings is 1. The molecule has 0 atom stereocenters. The number of hydrogen-bond acceptors (Lipinski definition) is 5. The van der Waals surface area contributed by atoms with Crippen LogP contribution in [0.15, 0.2) is 48.7 Å². The Balaban J connectivity index is 2.13. The third-order valence-electron chi connectivity index (χ3n) is 3.58. The predicted octanol–water partition coefficient (Wildman–Crippen LogP) is 2.96. The molecule has 0 saturated carbocycles. The molecule has 1 aromatic carbocycles. The third kappa shape index (κ3) is 2.74. The van der Waals surface area contributed by atoms with Crippen molar-refractivity contribution >= 4 is 17.6 Å². The highest BCUT2D eigenvalue weighted by atomic mass is 16.5. The summed E-state index contributed by atoms with van der Waals surface area (Å²) in [6.45, 7) is 2.03. The summed E-state index contributed by atoms with van der Waals surface area (Å²) in [6, 6.07) is 12.2. The number of imidazole rings is 1. The Hall–Kier alpha value is -3.15. The predicted molar refractivity (Wildman–Crippen MR) is 87.9 cm³/mol. The van der Waals surface area contributed by atoms with Gasteiger partial charge in [0, 0.05) is 11.8 Å². The first-order valence-corrected chi connectivity index (χ1v) is 7.48. The number of ether oxygens (including phenoxy) is 2. The molecule has 0 saturated heterocycles. The van der Waals surface area contributed by atoms with E-state index in [1.54, 1.807) is 41.8 Å². The second-order valence-corrected chi connectivity index (χ2v) is 5.03. The molecule has 2 aromatic heterocycles. The number of rotatable bonds is 4. The molecule has 0 N–H and O–H groups in total. The van der Waals surface area contributed by atoms with Gasteiger partial charge < -0.3 is 9.47 Å². The number of methoxy groups -OCH3 is 1. The van der Waals surface area contributed by atoms with Crippen LogP contribution in [0.3, 0.4) is 0 Å². The van der Waals surface area contributed by atoms with E-state index >= 15 is 0 Å². The van der Waals surface area contributed by atoms with Crippen molar-refractivity contribution in [2.45, 2.75) is 6.92 Å². The lowest BCUT2D eigenvalue weighted by Crippen LogP contribution is -2.09. The fourth-order valence-electron chi connectivity index (χ4n) is 2.47. The van der Waals surface area contributed by atoms with Gasteiger partial charge in [-0.25, -0.2) is 14.6 Å². The molecule has 0 radical (unpaired) electrons. The van der Waals surface area contributed by atoms with Gasteiger partial charge in [0.2, 0.25) is 0 Å². The normalized spacial score (nSPS) is 10.6. The molecule has 6 nitrogen and oxygen atoms in total. The van der Waals surface area contributed by atoms with Gasteiger partial charge >= 0.3 is 11.9 Å². The van der Waals surface area contributed by atoms with Crippen LogP contribution in [0.2, 0.25) is 0 Å². The number of nitrogens with zero attached hydrogens (tertiary/aromatic N) is 2. The number of carbonyl (C=O) groups excluding carboxylic acids is 2. The van der Waals surface area contributed by atoms with Gasteiger partial charge in [0.1, 0.15) is 11.3 Å². The maximum Gasteiger partial charge on any atom is 0.357 e. The minimum absolute atomic E-state index is 0.277. The second kappa shape index (κ2) is 6.54. The molecule has 0 aliphatic carbocycles. The maximum atomic E-state index is 12.4. The van der Waals surface area contributed by atoms with Crippen LogP contribution in [0.1, 0.15) is 27.8 Å². The molecule has 0 spiro atoms. The molecule has 24 heavy (non-hydrogen) atoms. The van der Waals surface area contributed by atoms with Gasteiger partial charge in [-0.15, -0.1) is 0 Å². The van der Waals surface area contributed by atoms with Crippen molar-refractivity contribution in [3.63, 3.8) is 0 Å². The molecule has 122 valence electrons. The lowest BCUT2D eigenvalue weighted by atomic mass is 10.1. The number of hydrogen-bond donors (Lipinski definition) is 0. The number of pyridine rings is 1. The van der Waals surface area contributed by atoms with Crippen molar-refractivity contribution in [3.8, 4) is 11.3 Å². The quantitative estimate of drug-likeness (QED) is 0.690. The largest absolute Gasteiger partial charge is 0.465 e. The third-order valence-corrected chi connectivity index (χ3v) is 3.58. The van der Waals surface area contributed by atoms with Gasteiger partial charge in [0.25, 0.3) is 0 Å². The van der Waals surface area contributed by atoms with Crippen LogP contribution in [0.4, 0.5) is 0 Å². The minimum atomic E-state index is -0.441. The van der Waals surface area contributed by atoms with Gasteiger partial charge in [0.15, 0.2) is 5.69 Å². The molecule has 0 amide bonds. The van der Waals surface area contributed by atoms with Crippen molar-refractivity contribution in [3.05, 3.63) is 59.9 Å². The van der Waals surface area contributed by atoms with Crippen LogP contribution in [-0.4, -0.2) is 35.0 Å². The number of fused-ring (bicyclic) bond motifs is 1. The van der Waals surface area contributed by atoms with Gasteiger partial charge in [-0.2, -0.15) is 0 Å². The van der Waals surface area contributed by atoms with E-state index in [0.717, 1.165) is 5.56 Å². The van der Waals surface area contributed by atoms with Crippen LogP contribution in [-0.2, 0) is 9.47 Å². The summed E-state index contributed by atoms with van der Waals surface area (Å²) in [5.74, 6) is -0.856. The van der Waals surface area contributed by atoms with Crippen molar-refractivity contribution in [1.82, 2.24) is 9.38 Å². The number of carbonyl (C=O) groups is 2. The highest BCUT2D eigenvalue weighted by Gasteiger charge is 2.21. The van der Waals surface area contributed by atoms with Crippen molar-refractivity contribution < 1.29 is 19.1 Å². The second-order valence-electron chi connectivity index (χ2n) is 5.03. The van der Waals surface area contributed by atoms with Gasteiger partial charge in [-0.3, -0.25) is 4.40 Å². The van der Waals surface area contributed by atoms with E-state index in [1.807, 2.05) is 18.2 Å². The van der Waals surface area contributed by atoms with E-state index in [9.17, 15) is 9.59 Å². The Morgan fingerprint density at radius 1 is 1.08 bits per heavy atom. The fraction of sp³-hybridized carbons (Fsp3) is 0.167. The molecule has 2 heterocycles. The van der Waals surface area contributed by atoms with Crippen LogP contribution in [0, 0.1) is 0 Å². The lowest BCUT2D eigenvalue weighted by molar-refractivity contribution is 0.0518. The summed E-state index contributed by atoms with van der Waals surface area (Å²) in [7, 11) is 1.33. The molecular formula is C18H16N2O4. The topological polar surface area (TPSA) is 69.9 Å². The highest BCUT2D eigenvalue weighted by Crippen LogP contribution is 2.25.